The van der Waals surface area contributed by atoms with Crippen molar-refractivity contribution >= 4 is 17.7 Å². The van der Waals surface area contributed by atoms with Crippen LogP contribution < -0.4 is 14.8 Å². The normalized spacial score (nSPS) is 15.5. The van der Waals surface area contributed by atoms with Crippen molar-refractivity contribution in [1.29, 1.82) is 5.26 Å². The lowest BCUT2D eigenvalue weighted by Crippen LogP contribution is -2.49. The van der Waals surface area contributed by atoms with Crippen LogP contribution in [0, 0.1) is 11.3 Å². The van der Waals surface area contributed by atoms with Gasteiger partial charge < -0.3 is 29.2 Å². The second-order valence-electron chi connectivity index (χ2n) is 9.14. The molecule has 0 aromatic carbocycles. The number of hydrogen-bond donors (Lipinski definition) is 2. The molecule has 13 heteroatoms. The Morgan fingerprint density at radius 3 is 2.76 bits per heavy atom. The van der Waals surface area contributed by atoms with Gasteiger partial charge in [-0.25, -0.2) is 14.8 Å². The first-order valence-electron chi connectivity index (χ1n) is 11.5. The van der Waals surface area contributed by atoms with Gasteiger partial charge in [0, 0.05) is 12.6 Å². The Labute approximate surface area is 213 Å². The van der Waals surface area contributed by atoms with E-state index in [1.807, 2.05) is 26.8 Å². The minimum atomic E-state index is -0.576. The van der Waals surface area contributed by atoms with Gasteiger partial charge in [-0.15, -0.1) is 0 Å². The summed E-state index contributed by atoms with van der Waals surface area (Å²) in [5.41, 5.74) is 0.863. The van der Waals surface area contributed by atoms with Crippen LogP contribution in [0.25, 0.3) is 11.3 Å². The Morgan fingerprint density at radius 2 is 2.05 bits per heavy atom. The van der Waals surface area contributed by atoms with E-state index in [0.717, 1.165) is 0 Å². The lowest BCUT2D eigenvalue weighted by molar-refractivity contribution is -0.0557. The Morgan fingerprint density at radius 1 is 1.24 bits per heavy atom. The van der Waals surface area contributed by atoms with Crippen molar-refractivity contribution in [3.8, 4) is 28.8 Å². The predicted molar refractivity (Wildman–Crippen MR) is 131 cm³/mol. The molecule has 1 fully saturated rings. The van der Waals surface area contributed by atoms with Crippen LogP contribution in [0.1, 0.15) is 26.5 Å². The average Bonchev–Trinajstić information content (AvgIpc) is 3.34. The first-order valence-corrected chi connectivity index (χ1v) is 11.5. The van der Waals surface area contributed by atoms with Crippen molar-refractivity contribution < 1.29 is 23.7 Å². The summed E-state index contributed by atoms with van der Waals surface area (Å²) < 4.78 is 22.9. The van der Waals surface area contributed by atoms with Crippen molar-refractivity contribution in [1.82, 2.24) is 30.0 Å². The molecule has 0 spiro atoms. The fraction of sp³-hybridized carbons (Fsp3) is 0.417. The number of carbonyl (C=O) groups excluding carboxylic acids is 1. The molecule has 4 rings (SSSR count). The third kappa shape index (κ3) is 6.62. The first-order chi connectivity index (χ1) is 17.8. The van der Waals surface area contributed by atoms with Crippen molar-refractivity contribution in [2.24, 2.45) is 0 Å². The number of ether oxygens (including phenoxy) is 4. The number of carbonyl (C=O) groups is 1. The van der Waals surface area contributed by atoms with Crippen LogP contribution in [-0.4, -0.2) is 81.3 Å². The minimum absolute atomic E-state index is 0.182. The molecule has 0 saturated carbocycles. The van der Waals surface area contributed by atoms with Crippen molar-refractivity contribution in [3.63, 3.8) is 0 Å². The number of morpholine rings is 1. The molecule has 37 heavy (non-hydrogen) atoms. The molecule has 1 saturated heterocycles. The summed E-state index contributed by atoms with van der Waals surface area (Å²) in [6, 6.07) is 3.68. The maximum atomic E-state index is 12.5. The molecule has 1 amide bonds. The zero-order valence-corrected chi connectivity index (χ0v) is 21.0. The zero-order valence-electron chi connectivity index (χ0n) is 21.0. The quantitative estimate of drug-likeness (QED) is 0.483. The van der Waals surface area contributed by atoms with Gasteiger partial charge in [-0.1, -0.05) is 0 Å². The van der Waals surface area contributed by atoms with E-state index in [1.54, 1.807) is 23.4 Å². The molecule has 1 atom stereocenters. The standard InChI is InChI=1S/C24H28N8O5/c1-24(2,3)37-23(33)32-5-6-35-16(13-32)14-36-19-11-26-10-18(34-4)22(19)17-7-20(31-30-17)29-21-12-27-15(8-25)9-28-21/h7,9-12,16H,5-6,13-14H2,1-4H3,(H2,28,29,30,31)/t16-/m1/s1. The number of nitrogens with zero attached hydrogens (tertiary/aromatic N) is 6. The predicted octanol–water partition coefficient (Wildman–Crippen LogP) is 2.90. The third-order valence-electron chi connectivity index (χ3n) is 5.18. The lowest BCUT2D eigenvalue weighted by atomic mass is 10.1. The van der Waals surface area contributed by atoms with Crippen LogP contribution in [0.4, 0.5) is 16.4 Å². The first kappa shape index (κ1) is 25.6. The number of aromatic nitrogens is 5. The molecule has 4 heterocycles. The maximum absolute atomic E-state index is 12.5. The van der Waals surface area contributed by atoms with E-state index in [1.165, 1.54) is 19.5 Å². The van der Waals surface area contributed by atoms with Gasteiger partial charge in [0.05, 0.1) is 56.3 Å². The summed E-state index contributed by atoms with van der Waals surface area (Å²) in [6.07, 6.45) is 5.23. The van der Waals surface area contributed by atoms with Crippen molar-refractivity contribution in [2.75, 3.05) is 38.7 Å². The number of methoxy groups -OCH3 is 1. The SMILES string of the molecule is COc1cncc(OC[C@H]2CN(C(=O)OC(C)(C)C)CCO2)c1-c1cc(Nc2cnc(C#N)cn2)n[nH]1. The van der Waals surface area contributed by atoms with E-state index in [0.29, 0.717) is 54.1 Å². The summed E-state index contributed by atoms with van der Waals surface area (Å²) in [4.78, 5) is 26.4. The van der Waals surface area contributed by atoms with E-state index in [2.05, 4.69) is 30.5 Å². The second kappa shape index (κ2) is 11.1. The maximum Gasteiger partial charge on any atom is 0.410 e. The van der Waals surface area contributed by atoms with Crippen LogP contribution in [-0.2, 0) is 9.47 Å². The zero-order chi connectivity index (χ0) is 26.4. The number of nitriles is 1. The number of anilines is 2. The van der Waals surface area contributed by atoms with Gasteiger partial charge in [-0.05, 0) is 20.8 Å². The van der Waals surface area contributed by atoms with Gasteiger partial charge in [-0.2, -0.15) is 10.4 Å². The van der Waals surface area contributed by atoms with Crippen molar-refractivity contribution in [2.45, 2.75) is 32.5 Å². The van der Waals surface area contributed by atoms with E-state index in [4.69, 9.17) is 24.2 Å². The molecular formula is C24H28N8O5. The van der Waals surface area contributed by atoms with E-state index < -0.39 is 5.60 Å². The van der Waals surface area contributed by atoms with E-state index >= 15 is 0 Å². The largest absolute Gasteiger partial charge is 0.494 e. The highest BCUT2D eigenvalue weighted by atomic mass is 16.6. The fourth-order valence-corrected chi connectivity index (χ4v) is 3.54. The lowest BCUT2D eigenvalue weighted by Gasteiger charge is -2.34. The summed E-state index contributed by atoms with van der Waals surface area (Å²) in [7, 11) is 1.54. The molecule has 1 aliphatic heterocycles. The Kier molecular flexibility index (Phi) is 7.69. The Balaban J connectivity index is 1.46. The van der Waals surface area contributed by atoms with E-state index in [9.17, 15) is 4.79 Å². The molecule has 194 valence electrons. The molecule has 0 unspecified atom stereocenters. The topological polar surface area (TPSA) is 160 Å². The van der Waals surface area contributed by atoms with Gasteiger partial charge in [0.1, 0.15) is 35.9 Å². The molecule has 2 N–H and O–H groups in total. The fourth-order valence-electron chi connectivity index (χ4n) is 3.54. The van der Waals surface area contributed by atoms with Crippen LogP contribution in [0.15, 0.2) is 30.9 Å². The summed E-state index contributed by atoms with van der Waals surface area (Å²) in [5, 5.41) is 19.1. The van der Waals surface area contributed by atoms with Crippen molar-refractivity contribution in [3.05, 3.63) is 36.5 Å². The van der Waals surface area contributed by atoms with Gasteiger partial charge in [0.2, 0.25) is 0 Å². The summed E-state index contributed by atoms with van der Waals surface area (Å²) in [5.74, 6) is 1.83. The summed E-state index contributed by atoms with van der Waals surface area (Å²) >= 11 is 0. The summed E-state index contributed by atoms with van der Waals surface area (Å²) in [6.45, 7) is 6.84. The Hall–Kier alpha value is -4.44. The van der Waals surface area contributed by atoms with Crippen LogP contribution in [0.2, 0.25) is 0 Å². The number of H-pyrrole nitrogens is 1. The van der Waals surface area contributed by atoms with Gasteiger partial charge in [-0.3, -0.25) is 10.1 Å². The highest BCUT2D eigenvalue weighted by Gasteiger charge is 2.29. The van der Waals surface area contributed by atoms with Crippen LogP contribution in [0.5, 0.6) is 11.5 Å². The molecule has 0 radical (unpaired) electrons. The number of aromatic amines is 1. The minimum Gasteiger partial charge on any atom is -0.494 e. The average molecular weight is 509 g/mol. The van der Waals surface area contributed by atoms with Gasteiger partial charge >= 0.3 is 6.09 Å². The highest BCUT2D eigenvalue weighted by molar-refractivity contribution is 5.75. The number of nitrogens with one attached hydrogen (secondary N) is 2. The van der Waals surface area contributed by atoms with Gasteiger partial charge in [0.25, 0.3) is 0 Å². The molecule has 1 aliphatic rings. The van der Waals surface area contributed by atoms with Gasteiger partial charge in [0.15, 0.2) is 17.3 Å². The second-order valence-corrected chi connectivity index (χ2v) is 9.14. The molecule has 0 bridgehead atoms. The molecule has 0 aliphatic carbocycles. The van der Waals surface area contributed by atoms with Crippen LogP contribution >= 0.6 is 0 Å². The number of amides is 1. The molecular weight excluding hydrogens is 480 g/mol. The molecule has 13 nitrogen and oxygen atoms in total. The Bertz CT molecular complexity index is 1270. The number of pyridine rings is 1. The van der Waals surface area contributed by atoms with Crippen LogP contribution in [0.3, 0.4) is 0 Å². The van der Waals surface area contributed by atoms with E-state index in [-0.39, 0.29) is 24.5 Å². The monoisotopic (exact) mass is 508 g/mol. The molecule has 3 aromatic rings. The molecule has 3 aromatic heterocycles. The highest BCUT2D eigenvalue weighted by Crippen LogP contribution is 2.37. The third-order valence-corrected chi connectivity index (χ3v) is 5.18. The number of hydrogen-bond acceptors (Lipinski definition) is 11. The number of rotatable bonds is 7. The smallest absolute Gasteiger partial charge is 0.410 e.